The Morgan fingerprint density at radius 2 is 1.90 bits per heavy atom. The molecule has 1 aliphatic heterocycles. The van der Waals surface area contributed by atoms with Crippen LogP contribution in [0.2, 0.25) is 0 Å². The van der Waals surface area contributed by atoms with Crippen molar-refractivity contribution in [2.75, 3.05) is 11.9 Å². The Hall–Kier alpha value is -2.49. The highest BCUT2D eigenvalue weighted by Gasteiger charge is 2.43. The second-order valence-electron chi connectivity index (χ2n) is 5.30. The fourth-order valence-corrected chi connectivity index (χ4v) is 2.78. The van der Waals surface area contributed by atoms with Gasteiger partial charge in [-0.1, -0.05) is 36.4 Å². The van der Waals surface area contributed by atoms with Crippen molar-refractivity contribution in [3.8, 4) is 5.75 Å². The molecule has 0 aromatic heterocycles. The third-order valence-corrected chi connectivity index (χ3v) is 4.00. The minimum absolute atomic E-state index is 0.387. The Kier molecular flexibility index (Phi) is 3.29. The normalized spacial score (nSPS) is 20.2. The maximum atomic E-state index is 12.3. The molecule has 1 heterocycles. The van der Waals surface area contributed by atoms with Crippen LogP contribution in [0.4, 0.5) is 5.69 Å². The van der Waals surface area contributed by atoms with Gasteiger partial charge in [-0.05, 0) is 24.6 Å². The van der Waals surface area contributed by atoms with Gasteiger partial charge in [-0.2, -0.15) is 0 Å². The van der Waals surface area contributed by atoms with Crippen molar-refractivity contribution >= 4 is 11.6 Å². The molecular weight excluding hydrogens is 264 g/mol. The SMILES string of the molecule is Cc1ccccc1NC1(C(N)=O)CCOc2ccccc21. The molecule has 0 saturated heterocycles. The van der Waals surface area contributed by atoms with Crippen LogP contribution in [0.5, 0.6) is 5.75 Å². The summed E-state index contributed by atoms with van der Waals surface area (Å²) in [5.41, 5.74) is 7.61. The lowest BCUT2D eigenvalue weighted by Crippen LogP contribution is -2.50. The Morgan fingerprint density at radius 3 is 2.67 bits per heavy atom. The maximum absolute atomic E-state index is 12.3. The van der Waals surface area contributed by atoms with Gasteiger partial charge >= 0.3 is 0 Å². The zero-order chi connectivity index (χ0) is 14.9. The van der Waals surface area contributed by atoms with E-state index in [4.69, 9.17) is 10.5 Å². The van der Waals surface area contributed by atoms with Gasteiger partial charge in [0.05, 0.1) is 6.61 Å². The Bertz CT molecular complexity index is 684. The number of para-hydroxylation sites is 2. The molecule has 21 heavy (non-hydrogen) atoms. The number of carbonyl (C=O) groups is 1. The molecule has 0 spiro atoms. The van der Waals surface area contributed by atoms with Crippen LogP contribution in [0.3, 0.4) is 0 Å². The molecule has 0 radical (unpaired) electrons. The lowest BCUT2D eigenvalue weighted by atomic mass is 9.83. The zero-order valence-corrected chi connectivity index (χ0v) is 11.9. The summed E-state index contributed by atoms with van der Waals surface area (Å²) < 4.78 is 5.65. The van der Waals surface area contributed by atoms with Gasteiger partial charge in [0.2, 0.25) is 5.91 Å². The second kappa shape index (κ2) is 5.13. The number of aryl methyl sites for hydroxylation is 1. The highest BCUT2D eigenvalue weighted by Crippen LogP contribution is 2.39. The number of hydrogen-bond acceptors (Lipinski definition) is 3. The number of amides is 1. The number of carbonyl (C=O) groups excluding carboxylic acids is 1. The summed E-state index contributed by atoms with van der Waals surface area (Å²) in [5.74, 6) is 0.324. The first kappa shape index (κ1) is 13.5. The van der Waals surface area contributed by atoms with E-state index in [1.54, 1.807) is 0 Å². The number of benzene rings is 2. The highest BCUT2D eigenvalue weighted by molar-refractivity contribution is 5.90. The van der Waals surface area contributed by atoms with E-state index < -0.39 is 5.54 Å². The molecule has 4 nitrogen and oxygen atoms in total. The average Bonchev–Trinajstić information content (AvgIpc) is 2.49. The molecular formula is C17H18N2O2. The molecule has 0 fully saturated rings. The monoisotopic (exact) mass is 282 g/mol. The van der Waals surface area contributed by atoms with E-state index in [9.17, 15) is 4.79 Å². The number of anilines is 1. The Morgan fingerprint density at radius 1 is 1.19 bits per heavy atom. The van der Waals surface area contributed by atoms with E-state index in [-0.39, 0.29) is 5.91 Å². The molecule has 2 aromatic carbocycles. The van der Waals surface area contributed by atoms with Gasteiger partial charge in [-0.3, -0.25) is 4.79 Å². The molecule has 1 atom stereocenters. The fraction of sp³-hybridized carbons (Fsp3) is 0.235. The molecule has 1 unspecified atom stereocenters. The lowest BCUT2D eigenvalue weighted by Gasteiger charge is -2.38. The van der Waals surface area contributed by atoms with E-state index in [1.807, 2.05) is 55.5 Å². The van der Waals surface area contributed by atoms with E-state index in [2.05, 4.69) is 5.32 Å². The molecule has 1 amide bonds. The van der Waals surface area contributed by atoms with E-state index >= 15 is 0 Å². The molecule has 0 saturated carbocycles. The minimum Gasteiger partial charge on any atom is -0.493 e. The first-order valence-corrected chi connectivity index (χ1v) is 6.99. The predicted molar refractivity (Wildman–Crippen MR) is 82.2 cm³/mol. The minimum atomic E-state index is -0.930. The zero-order valence-electron chi connectivity index (χ0n) is 11.9. The first-order chi connectivity index (χ1) is 10.1. The molecule has 1 aliphatic rings. The van der Waals surface area contributed by atoms with Gasteiger partial charge in [-0.25, -0.2) is 0 Å². The smallest absolute Gasteiger partial charge is 0.248 e. The van der Waals surface area contributed by atoms with Crippen molar-refractivity contribution in [3.63, 3.8) is 0 Å². The number of primary amides is 1. The van der Waals surface area contributed by atoms with Crippen molar-refractivity contribution in [1.82, 2.24) is 0 Å². The predicted octanol–water partition coefficient (Wildman–Crippen LogP) is 2.57. The van der Waals surface area contributed by atoms with Gasteiger partial charge in [-0.15, -0.1) is 0 Å². The summed E-state index contributed by atoms with van der Waals surface area (Å²) in [5, 5.41) is 3.36. The van der Waals surface area contributed by atoms with Gasteiger partial charge in [0.25, 0.3) is 0 Å². The number of rotatable bonds is 3. The van der Waals surface area contributed by atoms with Crippen LogP contribution in [0.15, 0.2) is 48.5 Å². The van der Waals surface area contributed by atoms with Crippen LogP contribution in [0.25, 0.3) is 0 Å². The molecule has 3 N–H and O–H groups in total. The number of nitrogens with two attached hydrogens (primary N) is 1. The van der Waals surface area contributed by atoms with Crippen molar-refractivity contribution < 1.29 is 9.53 Å². The van der Waals surface area contributed by atoms with Crippen molar-refractivity contribution in [2.24, 2.45) is 5.73 Å². The van der Waals surface area contributed by atoms with Gasteiger partial charge in [0.15, 0.2) is 0 Å². The summed E-state index contributed by atoms with van der Waals surface area (Å²) in [7, 11) is 0. The number of ether oxygens (including phenoxy) is 1. The van der Waals surface area contributed by atoms with Crippen molar-refractivity contribution in [1.29, 1.82) is 0 Å². The van der Waals surface area contributed by atoms with Crippen LogP contribution in [-0.4, -0.2) is 12.5 Å². The Balaban J connectivity index is 2.11. The highest BCUT2D eigenvalue weighted by atomic mass is 16.5. The Labute approximate surface area is 123 Å². The third kappa shape index (κ3) is 2.23. The maximum Gasteiger partial charge on any atom is 0.248 e. The molecule has 108 valence electrons. The third-order valence-electron chi connectivity index (χ3n) is 4.00. The number of nitrogens with one attached hydrogen (secondary N) is 1. The second-order valence-corrected chi connectivity index (χ2v) is 5.30. The molecule has 0 aliphatic carbocycles. The lowest BCUT2D eigenvalue weighted by molar-refractivity contribution is -0.123. The summed E-state index contributed by atoms with van der Waals surface area (Å²) in [4.78, 5) is 12.3. The molecule has 4 heteroatoms. The summed E-state index contributed by atoms with van der Waals surface area (Å²) in [6, 6.07) is 15.4. The molecule has 2 aromatic rings. The van der Waals surface area contributed by atoms with E-state index in [0.717, 1.165) is 16.8 Å². The van der Waals surface area contributed by atoms with Crippen LogP contribution >= 0.6 is 0 Å². The van der Waals surface area contributed by atoms with E-state index in [1.165, 1.54) is 0 Å². The van der Waals surface area contributed by atoms with E-state index in [0.29, 0.717) is 18.8 Å². The molecule has 3 rings (SSSR count). The largest absolute Gasteiger partial charge is 0.493 e. The standard InChI is InChI=1S/C17H18N2O2/c1-12-6-2-4-8-14(12)19-17(16(18)20)10-11-21-15-9-5-3-7-13(15)17/h2-9,19H,10-11H2,1H3,(H2,18,20). The van der Waals surface area contributed by atoms with Gasteiger partial charge in [0, 0.05) is 17.7 Å². The van der Waals surface area contributed by atoms with Crippen LogP contribution < -0.4 is 15.8 Å². The van der Waals surface area contributed by atoms with Gasteiger partial charge in [0.1, 0.15) is 11.3 Å². The number of hydrogen-bond donors (Lipinski definition) is 2. The van der Waals surface area contributed by atoms with Crippen LogP contribution in [0.1, 0.15) is 17.5 Å². The number of fused-ring (bicyclic) bond motifs is 1. The molecule has 0 bridgehead atoms. The quantitative estimate of drug-likeness (QED) is 0.909. The van der Waals surface area contributed by atoms with Crippen LogP contribution in [-0.2, 0) is 10.3 Å². The fourth-order valence-electron chi connectivity index (χ4n) is 2.78. The summed E-state index contributed by atoms with van der Waals surface area (Å²) in [6.45, 7) is 2.46. The average molecular weight is 282 g/mol. The first-order valence-electron chi connectivity index (χ1n) is 6.99. The summed E-state index contributed by atoms with van der Waals surface area (Å²) >= 11 is 0. The van der Waals surface area contributed by atoms with Crippen LogP contribution in [0, 0.1) is 6.92 Å². The van der Waals surface area contributed by atoms with Crippen molar-refractivity contribution in [3.05, 3.63) is 59.7 Å². The van der Waals surface area contributed by atoms with Crippen molar-refractivity contribution in [2.45, 2.75) is 18.9 Å². The summed E-state index contributed by atoms with van der Waals surface area (Å²) in [6.07, 6.45) is 0.508. The van der Waals surface area contributed by atoms with Gasteiger partial charge < -0.3 is 15.8 Å². The topological polar surface area (TPSA) is 64.3 Å².